The van der Waals surface area contributed by atoms with Crippen LogP contribution in [0.3, 0.4) is 0 Å². The zero-order chi connectivity index (χ0) is 13.1. The molecule has 0 saturated carbocycles. The van der Waals surface area contributed by atoms with Gasteiger partial charge in [0.05, 0.1) is 13.0 Å². The standard InChI is InChI=1S/C13H16N2O3/c1-18-12-5-4-10(7-11(12)16)15-13(17)8-2-3-9(14)6-8/h2-5,7-9,16H,6,14H2,1H3,(H,15,17). The lowest BCUT2D eigenvalue weighted by Gasteiger charge is -2.11. The highest BCUT2D eigenvalue weighted by Gasteiger charge is 2.22. The lowest BCUT2D eigenvalue weighted by atomic mass is 10.1. The summed E-state index contributed by atoms with van der Waals surface area (Å²) in [4.78, 5) is 11.9. The number of hydrogen-bond donors (Lipinski definition) is 3. The lowest BCUT2D eigenvalue weighted by Crippen LogP contribution is -2.23. The van der Waals surface area contributed by atoms with Gasteiger partial charge in [-0.3, -0.25) is 4.79 Å². The molecular formula is C13H16N2O3. The van der Waals surface area contributed by atoms with E-state index in [4.69, 9.17) is 10.5 Å². The minimum absolute atomic E-state index is 0.00559. The Bertz CT molecular complexity index is 485. The average molecular weight is 248 g/mol. The number of aromatic hydroxyl groups is 1. The number of rotatable bonds is 3. The van der Waals surface area contributed by atoms with E-state index < -0.39 is 0 Å². The molecular weight excluding hydrogens is 232 g/mol. The first-order valence-electron chi connectivity index (χ1n) is 5.72. The van der Waals surface area contributed by atoms with Crippen LogP contribution in [0.5, 0.6) is 11.5 Å². The molecule has 5 nitrogen and oxygen atoms in total. The van der Waals surface area contributed by atoms with Crippen LogP contribution in [0.4, 0.5) is 5.69 Å². The van der Waals surface area contributed by atoms with E-state index in [-0.39, 0.29) is 23.6 Å². The molecule has 1 aromatic carbocycles. The predicted octanol–water partition coefficient (Wildman–Crippen LogP) is 1.24. The zero-order valence-corrected chi connectivity index (χ0v) is 10.1. The average Bonchev–Trinajstić information content (AvgIpc) is 2.76. The molecule has 5 heteroatoms. The maximum atomic E-state index is 11.9. The Hall–Kier alpha value is -2.01. The number of phenols is 1. The quantitative estimate of drug-likeness (QED) is 0.703. The van der Waals surface area contributed by atoms with Gasteiger partial charge in [-0.15, -0.1) is 0 Å². The summed E-state index contributed by atoms with van der Waals surface area (Å²) in [5.41, 5.74) is 6.23. The van der Waals surface area contributed by atoms with Crippen molar-refractivity contribution >= 4 is 11.6 Å². The number of benzene rings is 1. The molecule has 1 aliphatic rings. The van der Waals surface area contributed by atoms with Gasteiger partial charge in [0, 0.05) is 17.8 Å². The fraction of sp³-hybridized carbons (Fsp3) is 0.308. The number of hydrogen-bond acceptors (Lipinski definition) is 4. The molecule has 1 aliphatic carbocycles. The van der Waals surface area contributed by atoms with Crippen LogP contribution in [0.2, 0.25) is 0 Å². The summed E-state index contributed by atoms with van der Waals surface area (Å²) in [6.07, 6.45) is 4.26. The molecule has 4 N–H and O–H groups in total. The second kappa shape index (κ2) is 5.10. The smallest absolute Gasteiger partial charge is 0.231 e. The molecule has 0 bridgehead atoms. The largest absolute Gasteiger partial charge is 0.504 e. The summed E-state index contributed by atoms with van der Waals surface area (Å²) in [6, 6.07) is 4.68. The van der Waals surface area contributed by atoms with Gasteiger partial charge < -0.3 is 20.9 Å². The Morgan fingerprint density at radius 1 is 1.50 bits per heavy atom. The van der Waals surface area contributed by atoms with Crippen molar-refractivity contribution in [3.8, 4) is 11.5 Å². The monoisotopic (exact) mass is 248 g/mol. The number of phenolic OH excluding ortho intramolecular Hbond substituents is 1. The number of carbonyl (C=O) groups is 1. The maximum absolute atomic E-state index is 11.9. The van der Waals surface area contributed by atoms with Crippen LogP contribution in [-0.2, 0) is 4.79 Å². The van der Waals surface area contributed by atoms with Crippen molar-refractivity contribution in [1.29, 1.82) is 0 Å². The molecule has 18 heavy (non-hydrogen) atoms. The SMILES string of the molecule is COc1ccc(NC(=O)C2C=CC(N)C2)cc1O. The number of carbonyl (C=O) groups excluding carboxylic acids is 1. The summed E-state index contributed by atoms with van der Waals surface area (Å²) in [7, 11) is 1.47. The van der Waals surface area contributed by atoms with Crippen LogP contribution in [-0.4, -0.2) is 24.2 Å². The molecule has 0 radical (unpaired) electrons. The molecule has 1 aromatic rings. The minimum Gasteiger partial charge on any atom is -0.504 e. The molecule has 1 amide bonds. The molecule has 2 rings (SSSR count). The van der Waals surface area contributed by atoms with Gasteiger partial charge in [0.25, 0.3) is 0 Å². The Labute approximate surface area is 105 Å². The molecule has 0 spiro atoms. The third-order valence-corrected chi connectivity index (χ3v) is 2.90. The number of ether oxygens (including phenoxy) is 1. The second-order valence-electron chi connectivity index (χ2n) is 4.27. The van der Waals surface area contributed by atoms with Crippen molar-refractivity contribution in [2.24, 2.45) is 11.7 Å². The molecule has 0 heterocycles. The number of anilines is 1. The van der Waals surface area contributed by atoms with Crippen LogP contribution in [0.1, 0.15) is 6.42 Å². The first-order chi connectivity index (χ1) is 8.60. The van der Waals surface area contributed by atoms with E-state index in [2.05, 4.69) is 5.32 Å². The van der Waals surface area contributed by atoms with Gasteiger partial charge in [-0.2, -0.15) is 0 Å². The van der Waals surface area contributed by atoms with Crippen molar-refractivity contribution < 1.29 is 14.6 Å². The summed E-state index contributed by atoms with van der Waals surface area (Å²) in [5.74, 6) is 0.0396. The second-order valence-corrected chi connectivity index (χ2v) is 4.27. The fourth-order valence-corrected chi connectivity index (χ4v) is 1.92. The first-order valence-corrected chi connectivity index (χ1v) is 5.72. The van der Waals surface area contributed by atoms with Crippen molar-refractivity contribution in [1.82, 2.24) is 0 Å². The maximum Gasteiger partial charge on any atom is 0.231 e. The molecule has 0 aliphatic heterocycles. The summed E-state index contributed by atoms with van der Waals surface area (Å²) < 4.78 is 4.93. The van der Waals surface area contributed by atoms with Gasteiger partial charge in [0.1, 0.15) is 0 Å². The third kappa shape index (κ3) is 2.62. The molecule has 96 valence electrons. The fourth-order valence-electron chi connectivity index (χ4n) is 1.92. The third-order valence-electron chi connectivity index (χ3n) is 2.90. The molecule has 0 aromatic heterocycles. The Balaban J connectivity index is 2.03. The van der Waals surface area contributed by atoms with E-state index in [1.165, 1.54) is 13.2 Å². The topological polar surface area (TPSA) is 84.6 Å². The molecule has 0 fully saturated rings. The van der Waals surface area contributed by atoms with Crippen LogP contribution >= 0.6 is 0 Å². The van der Waals surface area contributed by atoms with E-state index in [0.717, 1.165) is 0 Å². The summed E-state index contributed by atoms with van der Waals surface area (Å²) >= 11 is 0. The van der Waals surface area contributed by atoms with E-state index >= 15 is 0 Å². The van der Waals surface area contributed by atoms with Crippen LogP contribution < -0.4 is 15.8 Å². The predicted molar refractivity (Wildman–Crippen MR) is 68.5 cm³/mol. The number of amides is 1. The van der Waals surface area contributed by atoms with Gasteiger partial charge in [0.15, 0.2) is 11.5 Å². The molecule has 2 unspecified atom stereocenters. The van der Waals surface area contributed by atoms with E-state index in [0.29, 0.717) is 17.9 Å². The van der Waals surface area contributed by atoms with Crippen LogP contribution in [0, 0.1) is 5.92 Å². The zero-order valence-electron chi connectivity index (χ0n) is 10.1. The van der Waals surface area contributed by atoms with Crippen LogP contribution in [0.25, 0.3) is 0 Å². The molecule has 2 atom stereocenters. The highest BCUT2D eigenvalue weighted by atomic mass is 16.5. The highest BCUT2D eigenvalue weighted by Crippen LogP contribution is 2.29. The number of methoxy groups -OCH3 is 1. The van der Waals surface area contributed by atoms with Gasteiger partial charge in [0.2, 0.25) is 5.91 Å². The Morgan fingerprint density at radius 3 is 2.83 bits per heavy atom. The molecule has 0 saturated heterocycles. The van der Waals surface area contributed by atoms with Gasteiger partial charge >= 0.3 is 0 Å². The summed E-state index contributed by atoms with van der Waals surface area (Å²) in [6.45, 7) is 0. The van der Waals surface area contributed by atoms with E-state index in [1.54, 1.807) is 12.1 Å². The van der Waals surface area contributed by atoms with Crippen molar-refractivity contribution in [3.05, 3.63) is 30.4 Å². The van der Waals surface area contributed by atoms with E-state index in [9.17, 15) is 9.90 Å². The van der Waals surface area contributed by atoms with Gasteiger partial charge in [-0.05, 0) is 18.6 Å². The normalized spacial score (nSPS) is 21.9. The highest BCUT2D eigenvalue weighted by molar-refractivity contribution is 5.94. The van der Waals surface area contributed by atoms with Crippen molar-refractivity contribution in [2.45, 2.75) is 12.5 Å². The van der Waals surface area contributed by atoms with Gasteiger partial charge in [-0.1, -0.05) is 12.2 Å². The van der Waals surface area contributed by atoms with Gasteiger partial charge in [-0.25, -0.2) is 0 Å². The summed E-state index contributed by atoms with van der Waals surface area (Å²) in [5, 5.41) is 12.3. The number of nitrogens with two attached hydrogens (primary N) is 1. The Morgan fingerprint density at radius 2 is 2.28 bits per heavy atom. The lowest BCUT2D eigenvalue weighted by molar-refractivity contribution is -0.118. The van der Waals surface area contributed by atoms with Crippen molar-refractivity contribution in [2.75, 3.05) is 12.4 Å². The van der Waals surface area contributed by atoms with Crippen LogP contribution in [0.15, 0.2) is 30.4 Å². The number of nitrogens with one attached hydrogen (secondary N) is 1. The first kappa shape index (κ1) is 12.4. The van der Waals surface area contributed by atoms with E-state index in [1.807, 2.05) is 12.2 Å². The van der Waals surface area contributed by atoms with Crippen molar-refractivity contribution in [3.63, 3.8) is 0 Å². The Kier molecular flexibility index (Phi) is 3.53. The minimum atomic E-state index is -0.204.